The molecule has 2 nitrogen and oxygen atoms in total. The van der Waals surface area contributed by atoms with Crippen LogP contribution in [-0.2, 0) is 4.79 Å². The highest BCUT2D eigenvalue weighted by atomic mass is 32.1. The fourth-order valence-corrected chi connectivity index (χ4v) is 1.04. The first-order chi connectivity index (χ1) is 6.36. The van der Waals surface area contributed by atoms with Gasteiger partial charge in [-0.25, -0.2) is 4.79 Å². The Morgan fingerprint density at radius 3 is 3.08 bits per heavy atom. The van der Waals surface area contributed by atoms with Gasteiger partial charge in [0.1, 0.15) is 0 Å². The van der Waals surface area contributed by atoms with Crippen LogP contribution < -0.4 is 0 Å². The Bertz CT molecular complexity index is 354. The average Bonchev–Trinajstić information content (AvgIpc) is 2.16. The molecule has 1 rings (SSSR count). The molecule has 0 atom stereocenters. The predicted molar refractivity (Wildman–Crippen MR) is 57.1 cm³/mol. The number of rotatable bonds is 3. The standard InChI is InChI=1S/C10H9NOS/c12-8-11-10-5-1-3-9(7-10)4-2-6-13/h1-5,7,13H,6H2. The zero-order valence-electron chi connectivity index (χ0n) is 6.97. The third-order valence-electron chi connectivity index (χ3n) is 1.46. The SMILES string of the molecule is O=C=Nc1cccc(C=CCS)c1. The summed E-state index contributed by atoms with van der Waals surface area (Å²) in [5.74, 6) is 0.696. The number of nitrogens with zero attached hydrogens (tertiary/aromatic N) is 1. The largest absolute Gasteiger partial charge is 0.240 e. The molecule has 0 fully saturated rings. The third kappa shape index (κ3) is 3.28. The average molecular weight is 191 g/mol. The highest BCUT2D eigenvalue weighted by molar-refractivity contribution is 7.80. The minimum atomic E-state index is 0.622. The molecule has 3 heteroatoms. The van der Waals surface area contributed by atoms with Crippen molar-refractivity contribution < 1.29 is 4.79 Å². The normalized spacial score (nSPS) is 9.92. The van der Waals surface area contributed by atoms with Gasteiger partial charge in [0, 0.05) is 5.75 Å². The number of thiol groups is 1. The molecule has 13 heavy (non-hydrogen) atoms. The second kappa shape index (κ2) is 5.36. The van der Waals surface area contributed by atoms with E-state index in [9.17, 15) is 4.79 Å². The maximum atomic E-state index is 9.98. The van der Waals surface area contributed by atoms with Crippen LogP contribution in [0.2, 0.25) is 0 Å². The molecule has 0 radical (unpaired) electrons. The summed E-state index contributed by atoms with van der Waals surface area (Å²) in [5, 5.41) is 0. The molecule has 0 amide bonds. The summed E-state index contributed by atoms with van der Waals surface area (Å²) in [4.78, 5) is 13.5. The van der Waals surface area contributed by atoms with Gasteiger partial charge in [0.15, 0.2) is 0 Å². The molecule has 0 aliphatic rings. The maximum Gasteiger partial charge on any atom is 0.240 e. The van der Waals surface area contributed by atoms with Gasteiger partial charge in [-0.1, -0.05) is 24.3 Å². The van der Waals surface area contributed by atoms with E-state index in [0.29, 0.717) is 11.4 Å². The number of benzene rings is 1. The molecule has 66 valence electrons. The van der Waals surface area contributed by atoms with E-state index in [-0.39, 0.29) is 0 Å². The van der Waals surface area contributed by atoms with E-state index in [4.69, 9.17) is 0 Å². The van der Waals surface area contributed by atoms with Crippen LogP contribution >= 0.6 is 12.6 Å². The van der Waals surface area contributed by atoms with E-state index in [1.807, 2.05) is 30.4 Å². The summed E-state index contributed by atoms with van der Waals surface area (Å²) < 4.78 is 0. The maximum absolute atomic E-state index is 9.98. The Balaban J connectivity index is 2.91. The molecule has 0 bridgehead atoms. The van der Waals surface area contributed by atoms with Gasteiger partial charge < -0.3 is 0 Å². The fraction of sp³-hybridized carbons (Fsp3) is 0.100. The minimum absolute atomic E-state index is 0.622. The van der Waals surface area contributed by atoms with Crippen LogP contribution in [0.15, 0.2) is 35.3 Å². The quantitative estimate of drug-likeness (QED) is 0.444. The van der Waals surface area contributed by atoms with E-state index in [1.54, 1.807) is 6.07 Å². The zero-order chi connectivity index (χ0) is 9.52. The van der Waals surface area contributed by atoms with Gasteiger partial charge in [-0.2, -0.15) is 17.6 Å². The van der Waals surface area contributed by atoms with Crippen molar-refractivity contribution in [3.8, 4) is 0 Å². The van der Waals surface area contributed by atoms with E-state index >= 15 is 0 Å². The van der Waals surface area contributed by atoms with Gasteiger partial charge in [0.2, 0.25) is 6.08 Å². The molecule has 0 unspecified atom stereocenters. The number of hydrogen-bond acceptors (Lipinski definition) is 3. The van der Waals surface area contributed by atoms with E-state index in [0.717, 1.165) is 5.56 Å². The number of aliphatic imine (C=N–C) groups is 1. The van der Waals surface area contributed by atoms with Gasteiger partial charge >= 0.3 is 0 Å². The van der Waals surface area contributed by atoms with Crippen LogP contribution in [-0.4, -0.2) is 11.8 Å². The molecule has 1 aromatic carbocycles. The predicted octanol–water partition coefficient (Wildman–Crippen LogP) is 2.60. The van der Waals surface area contributed by atoms with Crippen molar-refractivity contribution in [3.63, 3.8) is 0 Å². The molecular weight excluding hydrogens is 182 g/mol. The van der Waals surface area contributed by atoms with Crippen LogP contribution in [0.5, 0.6) is 0 Å². The van der Waals surface area contributed by atoms with Crippen molar-refractivity contribution in [2.24, 2.45) is 4.99 Å². The Morgan fingerprint density at radius 2 is 2.38 bits per heavy atom. The van der Waals surface area contributed by atoms with E-state index in [1.165, 1.54) is 6.08 Å². The zero-order valence-corrected chi connectivity index (χ0v) is 7.87. The molecule has 0 aromatic heterocycles. The lowest BCUT2D eigenvalue weighted by molar-refractivity contribution is 0.565. The lowest BCUT2D eigenvalue weighted by Crippen LogP contribution is -1.71. The number of isocyanates is 1. The van der Waals surface area contributed by atoms with Crippen LogP contribution in [0, 0.1) is 0 Å². The summed E-state index contributed by atoms with van der Waals surface area (Å²) >= 11 is 4.05. The molecule has 0 aliphatic carbocycles. The third-order valence-corrected chi connectivity index (χ3v) is 1.67. The van der Waals surface area contributed by atoms with Crippen molar-refractivity contribution in [2.45, 2.75) is 0 Å². The van der Waals surface area contributed by atoms with Gasteiger partial charge in [-0.15, -0.1) is 0 Å². The molecule has 0 N–H and O–H groups in total. The van der Waals surface area contributed by atoms with Gasteiger partial charge in [0.05, 0.1) is 5.69 Å². The van der Waals surface area contributed by atoms with E-state index in [2.05, 4.69) is 17.6 Å². The first-order valence-electron chi connectivity index (χ1n) is 3.82. The van der Waals surface area contributed by atoms with Crippen molar-refractivity contribution in [3.05, 3.63) is 35.9 Å². The minimum Gasteiger partial charge on any atom is -0.211 e. The first-order valence-corrected chi connectivity index (χ1v) is 4.45. The first kappa shape index (κ1) is 9.78. The molecular formula is C10H9NOS. The highest BCUT2D eigenvalue weighted by Gasteiger charge is 1.89. The smallest absolute Gasteiger partial charge is 0.211 e. The second-order valence-electron chi connectivity index (χ2n) is 2.38. The second-order valence-corrected chi connectivity index (χ2v) is 2.75. The molecule has 0 saturated carbocycles. The van der Waals surface area contributed by atoms with Gasteiger partial charge in [0.25, 0.3) is 0 Å². The van der Waals surface area contributed by atoms with Crippen LogP contribution in [0.3, 0.4) is 0 Å². The summed E-state index contributed by atoms with van der Waals surface area (Å²) in [6.07, 6.45) is 5.35. The lowest BCUT2D eigenvalue weighted by atomic mass is 10.2. The number of hydrogen-bond donors (Lipinski definition) is 1. The summed E-state index contributed by atoms with van der Waals surface area (Å²) in [7, 11) is 0. The Hall–Kier alpha value is -1.31. The Morgan fingerprint density at radius 1 is 1.54 bits per heavy atom. The van der Waals surface area contributed by atoms with Crippen molar-refractivity contribution in [1.82, 2.24) is 0 Å². The molecule has 1 aromatic rings. The Labute approximate surface area is 82.4 Å². The van der Waals surface area contributed by atoms with Crippen LogP contribution in [0.1, 0.15) is 5.56 Å². The van der Waals surface area contributed by atoms with Crippen LogP contribution in [0.4, 0.5) is 5.69 Å². The Kier molecular flexibility index (Phi) is 4.03. The lowest BCUT2D eigenvalue weighted by Gasteiger charge is -1.93. The van der Waals surface area contributed by atoms with Crippen molar-refractivity contribution >= 4 is 30.5 Å². The highest BCUT2D eigenvalue weighted by Crippen LogP contribution is 2.14. The van der Waals surface area contributed by atoms with Crippen LogP contribution in [0.25, 0.3) is 6.08 Å². The molecule has 0 heterocycles. The van der Waals surface area contributed by atoms with Gasteiger partial charge in [-0.05, 0) is 17.7 Å². The van der Waals surface area contributed by atoms with Crippen molar-refractivity contribution in [1.29, 1.82) is 0 Å². The monoisotopic (exact) mass is 191 g/mol. The molecule has 0 saturated heterocycles. The fourth-order valence-electron chi connectivity index (χ4n) is 0.940. The van der Waals surface area contributed by atoms with Crippen molar-refractivity contribution in [2.75, 3.05) is 5.75 Å². The summed E-state index contributed by atoms with van der Waals surface area (Å²) in [6, 6.07) is 7.34. The van der Waals surface area contributed by atoms with Gasteiger partial charge in [-0.3, -0.25) is 0 Å². The topological polar surface area (TPSA) is 29.4 Å². The molecule has 0 aliphatic heterocycles. The summed E-state index contributed by atoms with van der Waals surface area (Å²) in [5.41, 5.74) is 1.63. The van der Waals surface area contributed by atoms with E-state index < -0.39 is 0 Å². The summed E-state index contributed by atoms with van der Waals surface area (Å²) in [6.45, 7) is 0. The number of carbonyl (C=O) groups excluding carboxylic acids is 1. The molecule has 0 spiro atoms.